The van der Waals surface area contributed by atoms with Gasteiger partial charge in [-0.25, -0.2) is 0 Å². The Morgan fingerprint density at radius 3 is 2.50 bits per heavy atom. The number of hydrogen-bond donors (Lipinski definition) is 0. The smallest absolute Gasteiger partial charge is 0.226 e. The van der Waals surface area contributed by atoms with E-state index in [-0.39, 0.29) is 0 Å². The van der Waals surface area contributed by atoms with E-state index in [0.717, 1.165) is 18.1 Å². The average Bonchev–Trinajstić information content (AvgIpc) is 2.34. The van der Waals surface area contributed by atoms with Crippen LogP contribution in [-0.4, -0.2) is 10.1 Å². The summed E-state index contributed by atoms with van der Waals surface area (Å²) in [7, 11) is 0. The molecule has 10 heavy (non-hydrogen) atoms. The van der Waals surface area contributed by atoms with Crippen molar-refractivity contribution in [1.29, 1.82) is 0 Å². The summed E-state index contributed by atoms with van der Waals surface area (Å²) in [5.74, 6) is 1.89. The molecule has 56 valence electrons. The Balaban J connectivity index is 2.78. The fourth-order valence-electron chi connectivity index (χ4n) is 0.646. The minimum absolute atomic E-state index is 0.365. The minimum atomic E-state index is 0.365. The fourth-order valence-corrected chi connectivity index (χ4v) is 0.646. The van der Waals surface area contributed by atoms with E-state index in [1.54, 1.807) is 0 Å². The average molecular weight is 140 g/mol. The monoisotopic (exact) mass is 140 g/mol. The summed E-state index contributed by atoms with van der Waals surface area (Å²) in [5, 5.41) is 3.80. The molecule has 0 bridgehead atoms. The standard InChI is InChI=1S/C7H12N2O/c1-4-6-8-7(5(2)3)9-10-6/h5H,4H2,1-3H3. The van der Waals surface area contributed by atoms with Crippen LogP contribution in [0.4, 0.5) is 0 Å². The molecule has 1 rings (SSSR count). The Morgan fingerprint density at radius 1 is 1.50 bits per heavy atom. The summed E-state index contributed by atoms with van der Waals surface area (Å²) in [6, 6.07) is 0. The minimum Gasteiger partial charge on any atom is -0.339 e. The van der Waals surface area contributed by atoms with Crippen LogP contribution in [0.5, 0.6) is 0 Å². The molecule has 0 aliphatic rings. The second-order valence-corrected chi connectivity index (χ2v) is 2.55. The van der Waals surface area contributed by atoms with Crippen molar-refractivity contribution >= 4 is 0 Å². The van der Waals surface area contributed by atoms with Crippen molar-refractivity contribution in [3.8, 4) is 0 Å². The van der Waals surface area contributed by atoms with Crippen molar-refractivity contribution < 1.29 is 4.52 Å². The predicted octanol–water partition coefficient (Wildman–Crippen LogP) is 1.76. The third-order valence-corrected chi connectivity index (χ3v) is 1.30. The first kappa shape index (κ1) is 7.25. The van der Waals surface area contributed by atoms with E-state index >= 15 is 0 Å². The van der Waals surface area contributed by atoms with Gasteiger partial charge in [0.2, 0.25) is 5.89 Å². The zero-order valence-electron chi connectivity index (χ0n) is 6.59. The summed E-state index contributed by atoms with van der Waals surface area (Å²) < 4.78 is 4.91. The van der Waals surface area contributed by atoms with Gasteiger partial charge >= 0.3 is 0 Å². The van der Waals surface area contributed by atoms with Gasteiger partial charge in [0.25, 0.3) is 0 Å². The van der Waals surface area contributed by atoms with E-state index in [1.165, 1.54) is 0 Å². The largest absolute Gasteiger partial charge is 0.339 e. The number of nitrogens with zero attached hydrogens (tertiary/aromatic N) is 2. The molecule has 0 aromatic carbocycles. The normalized spacial score (nSPS) is 10.8. The topological polar surface area (TPSA) is 38.9 Å². The van der Waals surface area contributed by atoms with Crippen LogP contribution in [0.25, 0.3) is 0 Å². The van der Waals surface area contributed by atoms with Crippen molar-refractivity contribution in [3.05, 3.63) is 11.7 Å². The number of hydrogen-bond acceptors (Lipinski definition) is 3. The highest BCUT2D eigenvalue weighted by Crippen LogP contribution is 2.09. The summed E-state index contributed by atoms with van der Waals surface area (Å²) >= 11 is 0. The zero-order valence-corrected chi connectivity index (χ0v) is 6.59. The van der Waals surface area contributed by atoms with Gasteiger partial charge in [-0.3, -0.25) is 0 Å². The van der Waals surface area contributed by atoms with E-state index in [9.17, 15) is 0 Å². The number of aromatic nitrogens is 2. The summed E-state index contributed by atoms with van der Waals surface area (Å²) in [4.78, 5) is 4.15. The summed E-state index contributed by atoms with van der Waals surface area (Å²) in [6.45, 7) is 6.09. The van der Waals surface area contributed by atoms with Gasteiger partial charge < -0.3 is 4.52 Å². The molecule has 0 saturated carbocycles. The van der Waals surface area contributed by atoms with Gasteiger partial charge in [0.15, 0.2) is 5.82 Å². The Kier molecular flexibility index (Phi) is 2.04. The van der Waals surface area contributed by atoms with Crippen LogP contribution < -0.4 is 0 Å². The van der Waals surface area contributed by atoms with Gasteiger partial charge in [-0.05, 0) is 0 Å². The van der Waals surface area contributed by atoms with Crippen LogP contribution in [0.2, 0.25) is 0 Å². The van der Waals surface area contributed by atoms with Crippen molar-refractivity contribution in [1.82, 2.24) is 10.1 Å². The lowest BCUT2D eigenvalue weighted by Crippen LogP contribution is -1.89. The molecule has 0 radical (unpaired) electrons. The van der Waals surface area contributed by atoms with Crippen molar-refractivity contribution in [3.63, 3.8) is 0 Å². The van der Waals surface area contributed by atoms with Gasteiger partial charge in [0.1, 0.15) is 0 Å². The second kappa shape index (κ2) is 2.82. The molecular formula is C7H12N2O. The van der Waals surface area contributed by atoms with Crippen LogP contribution in [0.15, 0.2) is 4.52 Å². The zero-order chi connectivity index (χ0) is 7.56. The number of rotatable bonds is 2. The van der Waals surface area contributed by atoms with Crippen LogP contribution >= 0.6 is 0 Å². The maximum absolute atomic E-state index is 4.91. The molecule has 0 unspecified atom stereocenters. The summed E-state index contributed by atoms with van der Waals surface area (Å²) in [6.07, 6.45) is 0.819. The third kappa shape index (κ3) is 1.35. The molecule has 3 nitrogen and oxygen atoms in total. The van der Waals surface area contributed by atoms with Gasteiger partial charge in [-0.15, -0.1) is 0 Å². The van der Waals surface area contributed by atoms with Crippen LogP contribution in [0, 0.1) is 0 Å². The molecule has 0 amide bonds. The Hall–Kier alpha value is -0.860. The molecule has 0 atom stereocenters. The highest BCUT2D eigenvalue weighted by atomic mass is 16.5. The first-order chi connectivity index (χ1) is 4.74. The first-order valence-electron chi connectivity index (χ1n) is 3.56. The molecular weight excluding hydrogens is 128 g/mol. The lowest BCUT2D eigenvalue weighted by Gasteiger charge is -1.91. The quantitative estimate of drug-likeness (QED) is 0.628. The lowest BCUT2D eigenvalue weighted by molar-refractivity contribution is 0.375. The van der Waals surface area contributed by atoms with Gasteiger partial charge in [0, 0.05) is 12.3 Å². The molecule has 1 aromatic heterocycles. The van der Waals surface area contributed by atoms with E-state index in [1.807, 2.05) is 20.8 Å². The number of aryl methyl sites for hydroxylation is 1. The Labute approximate surface area is 60.4 Å². The second-order valence-electron chi connectivity index (χ2n) is 2.55. The Morgan fingerprint density at radius 2 is 2.20 bits per heavy atom. The predicted molar refractivity (Wildman–Crippen MR) is 37.8 cm³/mol. The highest BCUT2D eigenvalue weighted by molar-refractivity contribution is 4.90. The van der Waals surface area contributed by atoms with E-state index in [2.05, 4.69) is 10.1 Å². The maximum Gasteiger partial charge on any atom is 0.226 e. The Bertz CT molecular complexity index is 205. The third-order valence-electron chi connectivity index (χ3n) is 1.30. The van der Waals surface area contributed by atoms with Gasteiger partial charge in [0.05, 0.1) is 0 Å². The van der Waals surface area contributed by atoms with E-state index < -0.39 is 0 Å². The molecule has 0 N–H and O–H groups in total. The van der Waals surface area contributed by atoms with Crippen molar-refractivity contribution in [2.24, 2.45) is 0 Å². The molecule has 1 heterocycles. The SMILES string of the molecule is CCc1nc(C(C)C)no1. The molecule has 0 aliphatic carbocycles. The molecule has 0 aliphatic heterocycles. The van der Waals surface area contributed by atoms with Crippen LogP contribution in [0.1, 0.15) is 38.4 Å². The molecule has 1 aromatic rings. The van der Waals surface area contributed by atoms with Crippen LogP contribution in [-0.2, 0) is 6.42 Å². The summed E-state index contributed by atoms with van der Waals surface area (Å²) in [5.41, 5.74) is 0. The van der Waals surface area contributed by atoms with Crippen molar-refractivity contribution in [2.75, 3.05) is 0 Å². The first-order valence-corrected chi connectivity index (χ1v) is 3.56. The fraction of sp³-hybridized carbons (Fsp3) is 0.714. The van der Waals surface area contributed by atoms with Crippen molar-refractivity contribution in [2.45, 2.75) is 33.1 Å². The maximum atomic E-state index is 4.91. The van der Waals surface area contributed by atoms with Gasteiger partial charge in [-0.1, -0.05) is 25.9 Å². The molecule has 0 saturated heterocycles. The van der Waals surface area contributed by atoms with Crippen LogP contribution in [0.3, 0.4) is 0 Å². The van der Waals surface area contributed by atoms with E-state index in [4.69, 9.17) is 4.52 Å². The van der Waals surface area contributed by atoms with Gasteiger partial charge in [-0.2, -0.15) is 4.98 Å². The lowest BCUT2D eigenvalue weighted by atomic mass is 10.2. The van der Waals surface area contributed by atoms with E-state index in [0.29, 0.717) is 5.92 Å². The molecule has 0 fully saturated rings. The highest BCUT2D eigenvalue weighted by Gasteiger charge is 2.06. The molecule has 0 spiro atoms. The molecule has 3 heteroatoms.